The average Bonchev–Trinajstić information content (AvgIpc) is 3.34. The molecule has 3 aromatic rings. The largest absolute Gasteiger partial charge is 0.496 e. The number of hydrogen-bond acceptors (Lipinski definition) is 4. The van der Waals surface area contributed by atoms with Gasteiger partial charge in [0.05, 0.1) is 19.2 Å². The molecule has 0 aromatic heterocycles. The zero-order valence-electron chi connectivity index (χ0n) is 17.4. The number of benzene rings is 3. The first-order chi connectivity index (χ1) is 15.1. The molecular formula is C25H24BrN3O2. The highest BCUT2D eigenvalue weighted by atomic mass is 79.9. The zero-order chi connectivity index (χ0) is 21.5. The second-order valence-electron chi connectivity index (χ2n) is 8.10. The zero-order valence-corrected chi connectivity index (χ0v) is 19.0. The number of aryl methyl sites for hydroxylation is 1. The highest BCUT2D eigenvalue weighted by Gasteiger charge is 2.56. The number of para-hydroxylation sites is 1. The van der Waals surface area contributed by atoms with Gasteiger partial charge >= 0.3 is 0 Å². The summed E-state index contributed by atoms with van der Waals surface area (Å²) in [5.74, 6) is 0.850. The molecule has 0 radical (unpaired) electrons. The summed E-state index contributed by atoms with van der Waals surface area (Å²) in [6.45, 7) is 2.05. The molecule has 0 aliphatic carbocycles. The number of fused-ring (bicyclic) bond motifs is 1. The van der Waals surface area contributed by atoms with E-state index in [-0.39, 0.29) is 30.0 Å². The summed E-state index contributed by atoms with van der Waals surface area (Å²) in [6, 6.07) is 23.9. The monoisotopic (exact) mass is 477 g/mol. The summed E-state index contributed by atoms with van der Waals surface area (Å²) >= 11 is 3.52. The van der Waals surface area contributed by atoms with Crippen molar-refractivity contribution in [3.05, 3.63) is 94.0 Å². The third kappa shape index (κ3) is 3.45. The van der Waals surface area contributed by atoms with Gasteiger partial charge < -0.3 is 9.64 Å². The Morgan fingerprint density at radius 2 is 1.58 bits per heavy atom. The van der Waals surface area contributed by atoms with E-state index in [1.807, 2.05) is 59.5 Å². The number of rotatable bonds is 4. The van der Waals surface area contributed by atoms with Gasteiger partial charge in [-0.3, -0.25) is 4.79 Å². The normalized spacial score (nSPS) is 25.0. The average molecular weight is 478 g/mol. The SMILES string of the molecule is COc1ccccc1C1C2C(NNC2c2ccc(Br)cc2)C(=O)N1c1ccc(C)cc1. The van der Waals surface area contributed by atoms with Gasteiger partial charge in [0.1, 0.15) is 11.8 Å². The Morgan fingerprint density at radius 3 is 2.29 bits per heavy atom. The number of anilines is 1. The Hall–Kier alpha value is -2.67. The molecule has 2 fully saturated rings. The lowest BCUT2D eigenvalue weighted by molar-refractivity contribution is -0.119. The number of hydrazine groups is 1. The lowest BCUT2D eigenvalue weighted by Gasteiger charge is -2.32. The van der Waals surface area contributed by atoms with Crippen molar-refractivity contribution in [1.82, 2.24) is 10.9 Å². The number of carbonyl (C=O) groups excluding carboxylic acids is 1. The molecule has 5 nitrogen and oxygen atoms in total. The number of ether oxygens (including phenoxy) is 1. The van der Waals surface area contributed by atoms with Gasteiger partial charge in [0, 0.05) is 21.6 Å². The molecule has 2 saturated heterocycles. The van der Waals surface area contributed by atoms with Crippen LogP contribution in [0.2, 0.25) is 0 Å². The van der Waals surface area contributed by atoms with E-state index in [0.717, 1.165) is 32.6 Å². The minimum atomic E-state index is -0.329. The van der Waals surface area contributed by atoms with Crippen molar-refractivity contribution in [3.8, 4) is 5.75 Å². The molecule has 0 spiro atoms. The molecule has 5 rings (SSSR count). The number of carbonyl (C=O) groups is 1. The van der Waals surface area contributed by atoms with Crippen LogP contribution in [0.4, 0.5) is 5.69 Å². The third-order valence-corrected chi connectivity index (χ3v) is 6.84. The number of methoxy groups -OCH3 is 1. The molecule has 0 bridgehead atoms. The number of hydrogen-bond donors (Lipinski definition) is 2. The minimum absolute atomic E-state index is 0.00808. The van der Waals surface area contributed by atoms with Crippen molar-refractivity contribution in [2.75, 3.05) is 12.0 Å². The van der Waals surface area contributed by atoms with Gasteiger partial charge in [-0.1, -0.05) is 64.0 Å². The van der Waals surface area contributed by atoms with E-state index in [0.29, 0.717) is 0 Å². The third-order valence-electron chi connectivity index (χ3n) is 6.31. The van der Waals surface area contributed by atoms with Crippen LogP contribution in [0.5, 0.6) is 5.75 Å². The Morgan fingerprint density at radius 1 is 0.903 bits per heavy atom. The van der Waals surface area contributed by atoms with Crippen molar-refractivity contribution in [2.24, 2.45) is 5.92 Å². The van der Waals surface area contributed by atoms with E-state index in [1.54, 1.807) is 7.11 Å². The summed E-state index contributed by atoms with van der Waals surface area (Å²) in [7, 11) is 1.68. The van der Waals surface area contributed by atoms with E-state index < -0.39 is 0 Å². The van der Waals surface area contributed by atoms with Gasteiger partial charge in [-0.25, -0.2) is 10.9 Å². The molecule has 2 N–H and O–H groups in total. The Bertz CT molecular complexity index is 1100. The van der Waals surface area contributed by atoms with E-state index >= 15 is 0 Å². The van der Waals surface area contributed by atoms with Gasteiger partial charge in [-0.05, 0) is 42.8 Å². The van der Waals surface area contributed by atoms with Gasteiger partial charge in [0.25, 0.3) is 0 Å². The molecule has 158 valence electrons. The summed E-state index contributed by atoms with van der Waals surface area (Å²) in [4.78, 5) is 15.6. The van der Waals surface area contributed by atoms with Gasteiger partial charge in [0.2, 0.25) is 5.91 Å². The second-order valence-corrected chi connectivity index (χ2v) is 9.02. The highest BCUT2D eigenvalue weighted by Crippen LogP contribution is 2.50. The first-order valence-electron chi connectivity index (χ1n) is 10.4. The summed E-state index contributed by atoms with van der Waals surface area (Å²) in [6.07, 6.45) is 0. The van der Waals surface area contributed by atoms with Crippen molar-refractivity contribution in [2.45, 2.75) is 25.0 Å². The number of nitrogens with one attached hydrogen (secondary N) is 2. The molecule has 2 heterocycles. The van der Waals surface area contributed by atoms with Crippen LogP contribution >= 0.6 is 15.9 Å². The number of nitrogens with zero attached hydrogens (tertiary/aromatic N) is 1. The van der Waals surface area contributed by atoms with Crippen LogP contribution in [0.15, 0.2) is 77.3 Å². The molecule has 2 aliphatic heterocycles. The maximum Gasteiger partial charge on any atom is 0.246 e. The van der Waals surface area contributed by atoms with E-state index in [1.165, 1.54) is 0 Å². The fourth-order valence-electron chi connectivity index (χ4n) is 4.84. The van der Waals surface area contributed by atoms with Crippen molar-refractivity contribution >= 4 is 27.5 Å². The maximum atomic E-state index is 13.7. The molecule has 3 aromatic carbocycles. The first-order valence-corrected chi connectivity index (χ1v) is 11.2. The molecule has 4 unspecified atom stereocenters. The first kappa shape index (κ1) is 20.2. The Labute approximate surface area is 190 Å². The predicted octanol–water partition coefficient (Wildman–Crippen LogP) is 4.69. The quantitative estimate of drug-likeness (QED) is 0.572. The van der Waals surface area contributed by atoms with Gasteiger partial charge in [-0.15, -0.1) is 0 Å². The molecule has 0 saturated carbocycles. The van der Waals surface area contributed by atoms with Crippen LogP contribution in [0.3, 0.4) is 0 Å². The lowest BCUT2D eigenvalue weighted by atomic mass is 9.83. The number of halogens is 1. The topological polar surface area (TPSA) is 53.6 Å². The molecule has 31 heavy (non-hydrogen) atoms. The molecule has 1 amide bonds. The predicted molar refractivity (Wildman–Crippen MR) is 125 cm³/mol. The van der Waals surface area contributed by atoms with Crippen LogP contribution in [0.25, 0.3) is 0 Å². The summed E-state index contributed by atoms with van der Waals surface area (Å²) in [5, 5.41) is 0. The van der Waals surface area contributed by atoms with Gasteiger partial charge in [0.15, 0.2) is 0 Å². The Kier molecular flexibility index (Phi) is 5.30. The van der Waals surface area contributed by atoms with Crippen molar-refractivity contribution in [1.29, 1.82) is 0 Å². The van der Waals surface area contributed by atoms with Crippen LogP contribution in [0, 0.1) is 12.8 Å². The van der Waals surface area contributed by atoms with E-state index in [4.69, 9.17) is 4.74 Å². The molecular weight excluding hydrogens is 454 g/mol. The highest BCUT2D eigenvalue weighted by molar-refractivity contribution is 9.10. The second kappa shape index (κ2) is 8.11. The molecule has 4 atom stereocenters. The van der Waals surface area contributed by atoms with E-state index in [2.05, 4.69) is 51.9 Å². The van der Waals surface area contributed by atoms with Crippen molar-refractivity contribution < 1.29 is 9.53 Å². The smallest absolute Gasteiger partial charge is 0.246 e. The van der Waals surface area contributed by atoms with Crippen molar-refractivity contribution in [3.63, 3.8) is 0 Å². The Balaban J connectivity index is 1.65. The standard InChI is InChI=1S/C25H24BrN3O2/c1-15-7-13-18(14-8-15)29-24(19-5-3-4-6-20(19)31-2)21-22(27-28-23(21)25(29)30)16-9-11-17(26)12-10-16/h3-14,21-24,27-28H,1-2H3. The maximum absolute atomic E-state index is 13.7. The van der Waals surface area contributed by atoms with Crippen LogP contribution in [-0.2, 0) is 4.79 Å². The van der Waals surface area contributed by atoms with Crippen LogP contribution in [0.1, 0.15) is 28.8 Å². The fourth-order valence-corrected chi connectivity index (χ4v) is 5.10. The van der Waals surface area contributed by atoms with Crippen LogP contribution in [-0.4, -0.2) is 19.1 Å². The summed E-state index contributed by atoms with van der Waals surface area (Å²) in [5.41, 5.74) is 10.9. The number of amides is 1. The van der Waals surface area contributed by atoms with E-state index in [9.17, 15) is 4.79 Å². The fraction of sp³-hybridized carbons (Fsp3) is 0.240. The summed E-state index contributed by atoms with van der Waals surface area (Å²) < 4.78 is 6.75. The lowest BCUT2D eigenvalue weighted by Crippen LogP contribution is -2.41. The minimum Gasteiger partial charge on any atom is -0.496 e. The molecule has 2 aliphatic rings. The van der Waals surface area contributed by atoms with Crippen LogP contribution < -0.4 is 20.5 Å². The van der Waals surface area contributed by atoms with Gasteiger partial charge in [-0.2, -0.15) is 0 Å². The molecule has 6 heteroatoms.